The molecule has 0 aromatic heterocycles. The molecule has 5 rings (SSSR count). The van der Waals surface area contributed by atoms with Gasteiger partial charge in [-0.15, -0.1) is 0 Å². The molecule has 0 amide bonds. The van der Waals surface area contributed by atoms with Crippen LogP contribution in [-0.2, 0) is 10.1 Å². The molecular formula is C23H13N3O7S. The molecule has 1 aliphatic carbocycles. The van der Waals surface area contributed by atoms with Crippen LogP contribution < -0.4 is 0 Å². The maximum absolute atomic E-state index is 11.8. The van der Waals surface area contributed by atoms with E-state index in [9.17, 15) is 33.2 Å². The minimum atomic E-state index is -4.50. The molecular weight excluding hydrogens is 462 g/mol. The summed E-state index contributed by atoms with van der Waals surface area (Å²) in [4.78, 5) is 26.1. The van der Waals surface area contributed by atoms with Crippen molar-refractivity contribution in [1.82, 2.24) is 0 Å². The molecule has 0 atom stereocenters. The molecule has 0 fully saturated rings. The molecule has 0 unspecified atom stereocenters. The fraction of sp³-hybridized carbons (Fsp3) is 0. The van der Waals surface area contributed by atoms with Crippen LogP contribution in [-0.4, -0.2) is 28.5 Å². The summed E-state index contributed by atoms with van der Waals surface area (Å²) in [6, 6.07) is 17.6. The summed E-state index contributed by atoms with van der Waals surface area (Å²) in [6.07, 6.45) is 0. The number of hydrogen-bond acceptors (Lipinski definition) is 7. The highest BCUT2D eigenvalue weighted by Crippen LogP contribution is 2.42. The third kappa shape index (κ3) is 3.39. The largest absolute Gasteiger partial charge is 0.295 e. The van der Waals surface area contributed by atoms with Crippen molar-refractivity contribution in [1.29, 1.82) is 0 Å². The number of nitro benzene ring substituents is 2. The van der Waals surface area contributed by atoms with Crippen molar-refractivity contribution in [3.63, 3.8) is 0 Å². The van der Waals surface area contributed by atoms with Gasteiger partial charge in [0.05, 0.1) is 21.2 Å². The van der Waals surface area contributed by atoms with Crippen molar-refractivity contribution in [2.24, 2.45) is 4.99 Å². The Labute approximate surface area is 191 Å². The predicted octanol–water partition coefficient (Wildman–Crippen LogP) is 5.05. The first-order chi connectivity index (χ1) is 16.1. The van der Waals surface area contributed by atoms with Crippen LogP contribution in [0.4, 0.5) is 17.1 Å². The van der Waals surface area contributed by atoms with E-state index in [1.54, 1.807) is 30.3 Å². The van der Waals surface area contributed by atoms with Crippen molar-refractivity contribution in [2.45, 2.75) is 4.90 Å². The highest BCUT2D eigenvalue weighted by molar-refractivity contribution is 7.86. The predicted molar refractivity (Wildman–Crippen MR) is 124 cm³/mol. The molecule has 0 saturated heterocycles. The van der Waals surface area contributed by atoms with Crippen LogP contribution in [0.5, 0.6) is 0 Å². The van der Waals surface area contributed by atoms with Crippen LogP contribution in [0.3, 0.4) is 0 Å². The average molecular weight is 475 g/mol. The summed E-state index contributed by atoms with van der Waals surface area (Å²) in [7, 11) is -4.50. The summed E-state index contributed by atoms with van der Waals surface area (Å²) in [5.41, 5.74) is 2.39. The van der Waals surface area contributed by atoms with Gasteiger partial charge in [-0.2, -0.15) is 8.42 Å². The van der Waals surface area contributed by atoms with Gasteiger partial charge in [-0.1, -0.05) is 24.3 Å². The van der Waals surface area contributed by atoms with Crippen LogP contribution in [0.1, 0.15) is 11.1 Å². The fourth-order valence-electron chi connectivity index (χ4n) is 4.12. The first-order valence-corrected chi connectivity index (χ1v) is 11.2. The standard InChI is InChI=1S/C23H13N3O7S/c27-25(28)13-5-7-15-16-8-6-14(26(29)30)12-20(16)23(19(15)11-13)24-21-9-10-22(34(31,32)33)18-4-2-1-3-17(18)21/h1-12H,(H,31,32,33). The summed E-state index contributed by atoms with van der Waals surface area (Å²) in [5, 5.41) is 23.4. The molecule has 0 heterocycles. The lowest BCUT2D eigenvalue weighted by Gasteiger charge is -2.08. The van der Waals surface area contributed by atoms with Crippen LogP contribution in [0.2, 0.25) is 0 Å². The topological polar surface area (TPSA) is 153 Å². The Hall–Kier alpha value is -4.48. The zero-order valence-electron chi connectivity index (χ0n) is 17.1. The average Bonchev–Trinajstić information content (AvgIpc) is 3.10. The van der Waals surface area contributed by atoms with E-state index in [4.69, 9.17) is 0 Å². The minimum Gasteiger partial charge on any atom is -0.282 e. The molecule has 10 nitrogen and oxygen atoms in total. The molecule has 168 valence electrons. The lowest BCUT2D eigenvalue weighted by molar-refractivity contribution is -0.385. The van der Waals surface area contributed by atoms with Crippen molar-refractivity contribution in [3.8, 4) is 11.1 Å². The Morgan fingerprint density at radius 3 is 1.74 bits per heavy atom. The second-order valence-corrected chi connectivity index (χ2v) is 8.93. The van der Waals surface area contributed by atoms with E-state index in [1.807, 2.05) is 0 Å². The van der Waals surface area contributed by atoms with Gasteiger partial charge < -0.3 is 0 Å². The fourth-order valence-corrected chi connectivity index (χ4v) is 4.81. The monoisotopic (exact) mass is 475 g/mol. The molecule has 0 aliphatic heterocycles. The van der Waals surface area contributed by atoms with Crippen LogP contribution >= 0.6 is 0 Å². The third-order valence-electron chi connectivity index (χ3n) is 5.60. The number of non-ortho nitro benzene ring substituents is 2. The van der Waals surface area contributed by atoms with Crippen molar-refractivity contribution >= 4 is 43.7 Å². The third-order valence-corrected chi connectivity index (χ3v) is 6.51. The smallest absolute Gasteiger partial charge is 0.282 e. The highest BCUT2D eigenvalue weighted by atomic mass is 32.2. The SMILES string of the molecule is O=[N+]([O-])c1ccc2c(c1)C(=Nc1ccc(S(=O)(=O)O)c3ccccc13)c1cc([N+](=O)[O-])ccc1-2. The summed E-state index contributed by atoms with van der Waals surface area (Å²) >= 11 is 0. The molecule has 4 aromatic rings. The van der Waals surface area contributed by atoms with E-state index >= 15 is 0 Å². The number of benzene rings is 4. The zero-order chi connectivity index (χ0) is 24.2. The normalized spacial score (nSPS) is 12.3. The second kappa shape index (κ2) is 7.54. The van der Waals surface area contributed by atoms with Crippen molar-refractivity contribution in [2.75, 3.05) is 0 Å². The lowest BCUT2D eigenvalue weighted by Crippen LogP contribution is -2.01. The Bertz CT molecular complexity index is 1630. The maximum Gasteiger partial charge on any atom is 0.295 e. The first-order valence-electron chi connectivity index (χ1n) is 9.81. The summed E-state index contributed by atoms with van der Waals surface area (Å²) in [5.74, 6) is 0. The van der Waals surface area contributed by atoms with Gasteiger partial charge in [0, 0.05) is 46.2 Å². The number of fused-ring (bicyclic) bond motifs is 4. The number of aliphatic imine (C=N–C) groups is 1. The van der Waals surface area contributed by atoms with Crippen LogP contribution in [0.25, 0.3) is 21.9 Å². The molecule has 34 heavy (non-hydrogen) atoms. The Morgan fingerprint density at radius 2 is 1.24 bits per heavy atom. The molecule has 0 bridgehead atoms. The Balaban J connectivity index is 1.82. The molecule has 1 N–H and O–H groups in total. The second-order valence-electron chi connectivity index (χ2n) is 7.54. The van der Waals surface area contributed by atoms with Gasteiger partial charge in [-0.05, 0) is 35.4 Å². The Kier molecular flexibility index (Phi) is 4.74. The first kappa shape index (κ1) is 21.4. The van der Waals surface area contributed by atoms with E-state index in [2.05, 4.69) is 4.99 Å². The van der Waals surface area contributed by atoms with E-state index in [1.165, 1.54) is 42.5 Å². The van der Waals surface area contributed by atoms with Crippen molar-refractivity contribution < 1.29 is 22.8 Å². The number of hydrogen-bond donors (Lipinski definition) is 1. The van der Waals surface area contributed by atoms with E-state index < -0.39 is 20.0 Å². The van der Waals surface area contributed by atoms with Gasteiger partial charge in [-0.25, -0.2) is 4.99 Å². The van der Waals surface area contributed by atoms with Gasteiger partial charge in [0.1, 0.15) is 4.90 Å². The Morgan fingerprint density at radius 1 is 0.706 bits per heavy atom. The minimum absolute atomic E-state index is 0.166. The molecule has 0 saturated carbocycles. The molecule has 11 heteroatoms. The van der Waals surface area contributed by atoms with Crippen molar-refractivity contribution in [3.05, 3.63) is 104 Å². The van der Waals surface area contributed by atoms with Gasteiger partial charge >= 0.3 is 0 Å². The van der Waals surface area contributed by atoms with Gasteiger partial charge in [-0.3, -0.25) is 24.8 Å². The van der Waals surface area contributed by atoms with Gasteiger partial charge in [0.2, 0.25) is 0 Å². The summed E-state index contributed by atoms with van der Waals surface area (Å²) < 4.78 is 33.2. The van der Waals surface area contributed by atoms with Crippen LogP contribution in [0.15, 0.2) is 82.7 Å². The quantitative estimate of drug-likeness (QED) is 0.217. The molecule has 1 aliphatic rings. The van der Waals surface area contributed by atoms with Gasteiger partial charge in [0.15, 0.2) is 0 Å². The highest BCUT2D eigenvalue weighted by Gasteiger charge is 2.29. The van der Waals surface area contributed by atoms with E-state index in [0.717, 1.165) is 0 Å². The van der Waals surface area contributed by atoms with Crippen LogP contribution in [0, 0.1) is 20.2 Å². The van der Waals surface area contributed by atoms with E-state index in [0.29, 0.717) is 33.3 Å². The number of nitro groups is 2. The number of rotatable bonds is 4. The zero-order valence-corrected chi connectivity index (χ0v) is 17.9. The van der Waals surface area contributed by atoms with Gasteiger partial charge in [0.25, 0.3) is 21.5 Å². The molecule has 4 aromatic carbocycles. The maximum atomic E-state index is 11.8. The molecule has 0 spiro atoms. The van der Waals surface area contributed by atoms with E-state index in [-0.39, 0.29) is 27.4 Å². The lowest BCUT2D eigenvalue weighted by atomic mass is 10.1. The number of nitrogens with zero attached hydrogens (tertiary/aromatic N) is 3. The molecule has 0 radical (unpaired) electrons. The summed E-state index contributed by atoms with van der Waals surface area (Å²) in [6.45, 7) is 0.